The smallest absolute Gasteiger partial charge is 0.120 e. The second-order valence-electron chi connectivity index (χ2n) is 3.33. The van der Waals surface area contributed by atoms with Gasteiger partial charge in [-0.25, -0.2) is 0 Å². The van der Waals surface area contributed by atoms with Gasteiger partial charge in [0, 0.05) is 0 Å². The molecule has 0 aromatic carbocycles. The zero-order chi connectivity index (χ0) is 9.68. The maximum absolute atomic E-state index is 9.03. The SMILES string of the molecule is CC(O)CCN[C@H](C)c1ccco1. The molecule has 0 saturated heterocycles. The third-order valence-electron chi connectivity index (χ3n) is 1.98. The van der Waals surface area contributed by atoms with Crippen molar-refractivity contribution in [2.45, 2.75) is 32.4 Å². The number of aliphatic hydroxyl groups excluding tert-OH is 1. The summed E-state index contributed by atoms with van der Waals surface area (Å²) >= 11 is 0. The molecule has 0 radical (unpaired) electrons. The Hall–Kier alpha value is -0.800. The summed E-state index contributed by atoms with van der Waals surface area (Å²) in [5, 5.41) is 12.3. The zero-order valence-corrected chi connectivity index (χ0v) is 8.16. The number of hydrogen-bond donors (Lipinski definition) is 2. The normalized spacial score (nSPS) is 15.6. The van der Waals surface area contributed by atoms with E-state index in [0.717, 1.165) is 18.7 Å². The molecule has 2 atom stereocenters. The van der Waals surface area contributed by atoms with Crippen LogP contribution in [0, 0.1) is 0 Å². The number of nitrogens with one attached hydrogen (secondary N) is 1. The van der Waals surface area contributed by atoms with Crippen LogP contribution in [0.5, 0.6) is 0 Å². The Labute approximate surface area is 78.8 Å². The Morgan fingerprint density at radius 3 is 2.85 bits per heavy atom. The summed E-state index contributed by atoms with van der Waals surface area (Å²) in [7, 11) is 0. The highest BCUT2D eigenvalue weighted by molar-refractivity contribution is 5.02. The molecule has 0 spiro atoms. The van der Waals surface area contributed by atoms with Gasteiger partial charge >= 0.3 is 0 Å². The minimum atomic E-state index is -0.240. The van der Waals surface area contributed by atoms with E-state index in [4.69, 9.17) is 9.52 Å². The van der Waals surface area contributed by atoms with Crippen LogP contribution in [-0.4, -0.2) is 17.8 Å². The number of rotatable bonds is 5. The van der Waals surface area contributed by atoms with Gasteiger partial charge in [0.25, 0.3) is 0 Å². The Balaban J connectivity index is 2.22. The summed E-state index contributed by atoms with van der Waals surface area (Å²) in [6.07, 6.45) is 2.20. The summed E-state index contributed by atoms with van der Waals surface area (Å²) < 4.78 is 5.23. The fourth-order valence-corrected chi connectivity index (χ4v) is 1.15. The maximum atomic E-state index is 9.03. The molecule has 0 fully saturated rings. The van der Waals surface area contributed by atoms with E-state index in [9.17, 15) is 0 Å². The maximum Gasteiger partial charge on any atom is 0.120 e. The van der Waals surface area contributed by atoms with Crippen molar-refractivity contribution in [3.63, 3.8) is 0 Å². The standard InChI is InChI=1S/C10H17NO2/c1-8(12)5-6-11-9(2)10-4-3-7-13-10/h3-4,7-9,11-12H,5-6H2,1-2H3/t8?,9-/m1/s1. The fourth-order valence-electron chi connectivity index (χ4n) is 1.15. The average Bonchev–Trinajstić information content (AvgIpc) is 2.55. The average molecular weight is 183 g/mol. The molecule has 0 aliphatic rings. The van der Waals surface area contributed by atoms with E-state index in [1.807, 2.05) is 19.1 Å². The first-order chi connectivity index (χ1) is 6.20. The van der Waals surface area contributed by atoms with Crippen LogP contribution in [0.4, 0.5) is 0 Å². The molecule has 0 amide bonds. The number of aliphatic hydroxyl groups is 1. The van der Waals surface area contributed by atoms with Crippen LogP contribution >= 0.6 is 0 Å². The summed E-state index contributed by atoms with van der Waals surface area (Å²) in [4.78, 5) is 0. The van der Waals surface area contributed by atoms with Gasteiger partial charge in [0.2, 0.25) is 0 Å². The van der Waals surface area contributed by atoms with Crippen molar-refractivity contribution in [3.8, 4) is 0 Å². The number of hydrogen-bond acceptors (Lipinski definition) is 3. The molecular formula is C10H17NO2. The molecule has 1 unspecified atom stereocenters. The van der Waals surface area contributed by atoms with Gasteiger partial charge in [-0.1, -0.05) is 0 Å². The molecule has 0 saturated carbocycles. The lowest BCUT2D eigenvalue weighted by atomic mass is 10.2. The van der Waals surface area contributed by atoms with Gasteiger partial charge in [0.05, 0.1) is 18.4 Å². The van der Waals surface area contributed by atoms with Gasteiger partial charge in [-0.3, -0.25) is 0 Å². The highest BCUT2D eigenvalue weighted by Crippen LogP contribution is 2.11. The molecule has 3 nitrogen and oxygen atoms in total. The summed E-state index contributed by atoms with van der Waals surface area (Å²) in [5.41, 5.74) is 0. The van der Waals surface area contributed by atoms with Gasteiger partial charge < -0.3 is 14.8 Å². The summed E-state index contributed by atoms with van der Waals surface area (Å²) in [5.74, 6) is 0.936. The van der Waals surface area contributed by atoms with E-state index >= 15 is 0 Å². The molecule has 2 N–H and O–H groups in total. The Morgan fingerprint density at radius 2 is 2.31 bits per heavy atom. The van der Waals surface area contributed by atoms with Gasteiger partial charge in [-0.2, -0.15) is 0 Å². The Morgan fingerprint density at radius 1 is 1.54 bits per heavy atom. The monoisotopic (exact) mass is 183 g/mol. The second kappa shape index (κ2) is 5.04. The molecule has 13 heavy (non-hydrogen) atoms. The van der Waals surface area contributed by atoms with Crippen LogP contribution in [-0.2, 0) is 0 Å². The lowest BCUT2D eigenvalue weighted by Gasteiger charge is -2.11. The second-order valence-corrected chi connectivity index (χ2v) is 3.33. The van der Waals surface area contributed by atoms with Crippen molar-refractivity contribution in [3.05, 3.63) is 24.2 Å². The van der Waals surface area contributed by atoms with Crippen molar-refractivity contribution in [1.82, 2.24) is 5.32 Å². The molecule has 0 aliphatic heterocycles. The van der Waals surface area contributed by atoms with Crippen LogP contribution in [0.1, 0.15) is 32.1 Å². The molecule has 0 bridgehead atoms. The van der Waals surface area contributed by atoms with Crippen molar-refractivity contribution >= 4 is 0 Å². The first-order valence-corrected chi connectivity index (χ1v) is 4.65. The summed E-state index contributed by atoms with van der Waals surface area (Å²) in [6.45, 7) is 4.64. The van der Waals surface area contributed by atoms with Gasteiger partial charge in [-0.05, 0) is 38.9 Å². The minimum Gasteiger partial charge on any atom is -0.468 e. The van der Waals surface area contributed by atoms with E-state index in [1.54, 1.807) is 13.2 Å². The molecular weight excluding hydrogens is 166 g/mol. The summed E-state index contributed by atoms with van der Waals surface area (Å²) in [6, 6.07) is 4.04. The quantitative estimate of drug-likeness (QED) is 0.730. The van der Waals surface area contributed by atoms with Crippen molar-refractivity contribution in [2.24, 2.45) is 0 Å². The topological polar surface area (TPSA) is 45.4 Å². The Kier molecular flexibility index (Phi) is 3.99. The molecule has 1 rings (SSSR count). The molecule has 1 heterocycles. The van der Waals surface area contributed by atoms with Crippen LogP contribution in [0.2, 0.25) is 0 Å². The van der Waals surface area contributed by atoms with Crippen molar-refractivity contribution in [1.29, 1.82) is 0 Å². The highest BCUT2D eigenvalue weighted by atomic mass is 16.3. The lowest BCUT2D eigenvalue weighted by Crippen LogP contribution is -2.22. The third-order valence-corrected chi connectivity index (χ3v) is 1.98. The van der Waals surface area contributed by atoms with Gasteiger partial charge in [-0.15, -0.1) is 0 Å². The van der Waals surface area contributed by atoms with Gasteiger partial charge in [0.1, 0.15) is 5.76 Å². The predicted molar refractivity (Wildman–Crippen MR) is 51.4 cm³/mol. The lowest BCUT2D eigenvalue weighted by molar-refractivity contribution is 0.182. The molecule has 74 valence electrons. The van der Waals surface area contributed by atoms with Crippen molar-refractivity contribution in [2.75, 3.05) is 6.54 Å². The predicted octanol–water partition coefficient (Wildman–Crippen LogP) is 1.70. The number of furan rings is 1. The van der Waals surface area contributed by atoms with Crippen LogP contribution in [0.3, 0.4) is 0 Å². The Bertz CT molecular complexity index is 219. The molecule has 1 aromatic rings. The van der Waals surface area contributed by atoms with E-state index in [2.05, 4.69) is 5.32 Å². The molecule has 3 heteroatoms. The van der Waals surface area contributed by atoms with E-state index < -0.39 is 0 Å². The zero-order valence-electron chi connectivity index (χ0n) is 8.16. The van der Waals surface area contributed by atoms with E-state index in [-0.39, 0.29) is 12.1 Å². The first kappa shape index (κ1) is 10.3. The first-order valence-electron chi connectivity index (χ1n) is 4.65. The van der Waals surface area contributed by atoms with E-state index in [1.165, 1.54) is 0 Å². The minimum absolute atomic E-state index is 0.216. The fraction of sp³-hybridized carbons (Fsp3) is 0.600. The van der Waals surface area contributed by atoms with Crippen LogP contribution < -0.4 is 5.32 Å². The molecule has 1 aromatic heterocycles. The van der Waals surface area contributed by atoms with Gasteiger partial charge in [0.15, 0.2) is 0 Å². The van der Waals surface area contributed by atoms with Crippen molar-refractivity contribution < 1.29 is 9.52 Å². The molecule has 0 aliphatic carbocycles. The van der Waals surface area contributed by atoms with E-state index in [0.29, 0.717) is 0 Å². The van der Waals surface area contributed by atoms with Crippen LogP contribution in [0.25, 0.3) is 0 Å². The largest absolute Gasteiger partial charge is 0.468 e. The van der Waals surface area contributed by atoms with Crippen LogP contribution in [0.15, 0.2) is 22.8 Å². The third kappa shape index (κ3) is 3.61. The highest BCUT2D eigenvalue weighted by Gasteiger charge is 2.06.